The van der Waals surface area contributed by atoms with E-state index in [-0.39, 0.29) is 5.75 Å². The number of carboxylic acids is 1. The number of carbonyl (C=O) groups is 1. The van der Waals surface area contributed by atoms with E-state index in [1.54, 1.807) is 0 Å². The van der Waals surface area contributed by atoms with Crippen LogP contribution in [-0.4, -0.2) is 45.2 Å². The Morgan fingerprint density at radius 1 is 1.33 bits per heavy atom. The average Bonchev–Trinajstić information content (AvgIpc) is 2.90. The highest BCUT2D eigenvalue weighted by Gasteiger charge is 2.17. The van der Waals surface area contributed by atoms with Gasteiger partial charge >= 0.3 is 5.97 Å². The van der Waals surface area contributed by atoms with E-state index in [1.807, 2.05) is 46.8 Å². The lowest BCUT2D eigenvalue weighted by Crippen LogP contribution is -2.22. The summed E-state index contributed by atoms with van der Waals surface area (Å²) < 4.78 is 1.89. The normalized spacial score (nSPS) is 10.6. The molecular formula is C14H18N4O2S. The first kappa shape index (κ1) is 15.4. The first-order valence-electron chi connectivity index (χ1n) is 6.70. The van der Waals surface area contributed by atoms with E-state index < -0.39 is 5.97 Å². The Hall–Kier alpha value is -2.02. The van der Waals surface area contributed by atoms with Crippen molar-refractivity contribution in [2.45, 2.75) is 18.5 Å². The van der Waals surface area contributed by atoms with Crippen LogP contribution in [0.25, 0.3) is 5.69 Å². The number of para-hydroxylation sites is 1. The van der Waals surface area contributed by atoms with Crippen molar-refractivity contribution < 1.29 is 9.90 Å². The monoisotopic (exact) mass is 306 g/mol. The van der Waals surface area contributed by atoms with Crippen LogP contribution in [0.2, 0.25) is 0 Å². The van der Waals surface area contributed by atoms with E-state index in [2.05, 4.69) is 17.1 Å². The van der Waals surface area contributed by atoms with Gasteiger partial charge in [-0.1, -0.05) is 36.9 Å². The van der Waals surface area contributed by atoms with Gasteiger partial charge in [0.25, 0.3) is 0 Å². The molecule has 0 atom stereocenters. The van der Waals surface area contributed by atoms with E-state index in [0.29, 0.717) is 5.16 Å². The summed E-state index contributed by atoms with van der Waals surface area (Å²) in [6, 6.07) is 9.72. The number of aliphatic carboxylic acids is 1. The molecule has 1 heterocycles. The van der Waals surface area contributed by atoms with Crippen molar-refractivity contribution in [3.05, 3.63) is 30.3 Å². The molecule has 0 aliphatic carbocycles. The zero-order valence-electron chi connectivity index (χ0n) is 12.1. The van der Waals surface area contributed by atoms with Crippen molar-refractivity contribution in [3.63, 3.8) is 0 Å². The maximum Gasteiger partial charge on any atom is 0.313 e. The summed E-state index contributed by atoms with van der Waals surface area (Å²) in [4.78, 5) is 12.8. The number of anilines is 1. The van der Waals surface area contributed by atoms with Crippen molar-refractivity contribution in [2.24, 2.45) is 0 Å². The van der Waals surface area contributed by atoms with Gasteiger partial charge < -0.3 is 10.0 Å². The second-order valence-electron chi connectivity index (χ2n) is 4.56. The Kier molecular flexibility index (Phi) is 5.21. The van der Waals surface area contributed by atoms with Crippen molar-refractivity contribution in [1.82, 2.24) is 14.8 Å². The Bertz CT molecular complexity index is 600. The molecule has 0 unspecified atom stereocenters. The van der Waals surface area contributed by atoms with Crippen LogP contribution >= 0.6 is 11.8 Å². The van der Waals surface area contributed by atoms with Crippen LogP contribution in [0.5, 0.6) is 0 Å². The number of carboxylic acid groups (broad SMARTS) is 1. The molecule has 0 saturated heterocycles. The van der Waals surface area contributed by atoms with Gasteiger partial charge in [-0.25, -0.2) is 0 Å². The van der Waals surface area contributed by atoms with Crippen molar-refractivity contribution >= 4 is 23.7 Å². The summed E-state index contributed by atoms with van der Waals surface area (Å²) in [5.74, 6) is -0.190. The molecule has 2 rings (SSSR count). The molecule has 21 heavy (non-hydrogen) atoms. The minimum absolute atomic E-state index is 0.0392. The molecule has 0 spiro atoms. The van der Waals surface area contributed by atoms with Gasteiger partial charge in [0.15, 0.2) is 5.16 Å². The maximum absolute atomic E-state index is 10.8. The molecule has 0 amide bonds. The highest BCUT2D eigenvalue weighted by Crippen LogP contribution is 2.26. The predicted octanol–water partition coefficient (Wildman–Crippen LogP) is 2.29. The zero-order chi connectivity index (χ0) is 15.2. The molecule has 112 valence electrons. The largest absolute Gasteiger partial charge is 0.481 e. The second-order valence-corrected chi connectivity index (χ2v) is 5.50. The SMILES string of the molecule is CCCN(C)c1nnc(SCC(=O)O)n1-c1ccccc1. The van der Waals surface area contributed by atoms with Crippen LogP contribution in [-0.2, 0) is 4.79 Å². The van der Waals surface area contributed by atoms with Crippen molar-refractivity contribution in [2.75, 3.05) is 24.2 Å². The highest BCUT2D eigenvalue weighted by molar-refractivity contribution is 7.99. The summed E-state index contributed by atoms with van der Waals surface area (Å²) >= 11 is 1.17. The van der Waals surface area contributed by atoms with Crippen LogP contribution in [0.4, 0.5) is 5.95 Å². The van der Waals surface area contributed by atoms with Gasteiger partial charge in [-0.2, -0.15) is 0 Å². The predicted molar refractivity (Wildman–Crippen MR) is 83.3 cm³/mol. The molecule has 7 heteroatoms. The van der Waals surface area contributed by atoms with E-state index >= 15 is 0 Å². The number of thioether (sulfide) groups is 1. The maximum atomic E-state index is 10.8. The van der Waals surface area contributed by atoms with Gasteiger partial charge in [-0.05, 0) is 18.6 Å². The Morgan fingerprint density at radius 3 is 2.67 bits per heavy atom. The Morgan fingerprint density at radius 2 is 2.05 bits per heavy atom. The fourth-order valence-electron chi connectivity index (χ4n) is 1.97. The summed E-state index contributed by atoms with van der Waals surface area (Å²) in [6.45, 7) is 2.95. The van der Waals surface area contributed by atoms with Crippen LogP contribution < -0.4 is 4.90 Å². The van der Waals surface area contributed by atoms with Crippen LogP contribution in [0.3, 0.4) is 0 Å². The number of rotatable bonds is 7. The van der Waals surface area contributed by atoms with Gasteiger partial charge in [0.1, 0.15) is 0 Å². The fraction of sp³-hybridized carbons (Fsp3) is 0.357. The van der Waals surface area contributed by atoms with Crippen molar-refractivity contribution in [1.29, 1.82) is 0 Å². The lowest BCUT2D eigenvalue weighted by atomic mass is 10.3. The van der Waals surface area contributed by atoms with Crippen LogP contribution in [0.1, 0.15) is 13.3 Å². The molecule has 1 aromatic carbocycles. The molecule has 0 saturated carbocycles. The summed E-state index contributed by atoms with van der Waals surface area (Å²) in [5, 5.41) is 17.8. The van der Waals surface area contributed by atoms with Crippen LogP contribution in [0.15, 0.2) is 35.5 Å². The third-order valence-electron chi connectivity index (χ3n) is 2.86. The number of hydrogen-bond donors (Lipinski definition) is 1. The van der Waals surface area contributed by atoms with Crippen molar-refractivity contribution in [3.8, 4) is 5.69 Å². The van der Waals surface area contributed by atoms with Gasteiger partial charge in [-0.3, -0.25) is 9.36 Å². The van der Waals surface area contributed by atoms with E-state index in [0.717, 1.165) is 24.6 Å². The van der Waals surface area contributed by atoms with Crippen LogP contribution in [0, 0.1) is 0 Å². The molecule has 1 N–H and O–H groups in total. The van der Waals surface area contributed by atoms with E-state index in [1.165, 1.54) is 11.8 Å². The quantitative estimate of drug-likeness (QED) is 0.791. The first-order valence-corrected chi connectivity index (χ1v) is 7.68. The molecule has 2 aromatic rings. The van der Waals surface area contributed by atoms with E-state index in [4.69, 9.17) is 5.11 Å². The van der Waals surface area contributed by atoms with Gasteiger partial charge in [0, 0.05) is 13.6 Å². The second kappa shape index (κ2) is 7.12. The minimum Gasteiger partial charge on any atom is -0.481 e. The Balaban J connectivity index is 2.40. The molecule has 0 aliphatic heterocycles. The lowest BCUT2D eigenvalue weighted by Gasteiger charge is -2.18. The third kappa shape index (κ3) is 3.75. The molecule has 6 nitrogen and oxygen atoms in total. The van der Waals surface area contributed by atoms with Gasteiger partial charge in [-0.15, -0.1) is 10.2 Å². The number of hydrogen-bond acceptors (Lipinski definition) is 5. The first-order chi connectivity index (χ1) is 10.1. The number of aromatic nitrogens is 3. The number of benzene rings is 1. The molecule has 0 radical (unpaired) electrons. The topological polar surface area (TPSA) is 71.2 Å². The molecule has 1 aromatic heterocycles. The fourth-order valence-corrected chi connectivity index (χ4v) is 2.63. The smallest absolute Gasteiger partial charge is 0.313 e. The standard InChI is InChI=1S/C14H18N4O2S/c1-3-9-17(2)13-15-16-14(21-10-12(19)20)18(13)11-7-5-4-6-8-11/h4-8H,3,9-10H2,1-2H3,(H,19,20). The summed E-state index contributed by atoms with van der Waals surface area (Å²) in [7, 11) is 1.96. The summed E-state index contributed by atoms with van der Waals surface area (Å²) in [5.41, 5.74) is 0.924. The minimum atomic E-state index is -0.869. The van der Waals surface area contributed by atoms with E-state index in [9.17, 15) is 4.79 Å². The molecular weight excluding hydrogens is 288 g/mol. The average molecular weight is 306 g/mol. The molecule has 0 bridgehead atoms. The molecule has 0 fully saturated rings. The lowest BCUT2D eigenvalue weighted by molar-refractivity contribution is -0.133. The van der Waals surface area contributed by atoms with Gasteiger partial charge in [0.05, 0.1) is 11.4 Å². The zero-order valence-corrected chi connectivity index (χ0v) is 12.9. The Labute approximate surface area is 127 Å². The van der Waals surface area contributed by atoms with Gasteiger partial charge in [0.2, 0.25) is 5.95 Å². The number of nitrogens with zero attached hydrogens (tertiary/aromatic N) is 4. The third-order valence-corrected chi connectivity index (χ3v) is 3.77. The summed E-state index contributed by atoms with van der Waals surface area (Å²) in [6.07, 6.45) is 0.996. The highest BCUT2D eigenvalue weighted by atomic mass is 32.2. The molecule has 0 aliphatic rings.